The third-order valence-electron chi connectivity index (χ3n) is 3.11. The number of aliphatic imine (C=N–C) groups is 1. The Morgan fingerprint density at radius 3 is 2.52 bits per heavy atom. The van der Waals surface area contributed by atoms with Crippen molar-refractivity contribution in [3.05, 3.63) is 5.82 Å². The van der Waals surface area contributed by atoms with E-state index in [1.54, 1.807) is 18.8 Å². The Labute approximate surface area is 144 Å². The van der Waals surface area contributed by atoms with Crippen LogP contribution in [0.2, 0.25) is 0 Å². The maximum atomic E-state index is 4.35. The smallest absolute Gasteiger partial charge is 0.191 e. The van der Waals surface area contributed by atoms with E-state index in [9.17, 15) is 0 Å². The molecule has 0 unspecified atom stereocenters. The molecule has 0 bridgehead atoms. The van der Waals surface area contributed by atoms with Gasteiger partial charge in [-0.2, -0.15) is 0 Å². The minimum absolute atomic E-state index is 0.00648. The van der Waals surface area contributed by atoms with E-state index in [0.717, 1.165) is 42.9 Å². The van der Waals surface area contributed by atoms with E-state index in [-0.39, 0.29) is 5.54 Å². The molecule has 1 aromatic heterocycles. The Hall–Kier alpha value is -1.24. The van der Waals surface area contributed by atoms with Crippen LogP contribution in [0, 0.1) is 5.92 Å². The highest BCUT2D eigenvalue weighted by Crippen LogP contribution is 2.16. The van der Waals surface area contributed by atoms with E-state index in [4.69, 9.17) is 0 Å². The molecule has 0 saturated carbocycles. The van der Waals surface area contributed by atoms with Gasteiger partial charge in [0.1, 0.15) is 5.82 Å². The zero-order valence-corrected chi connectivity index (χ0v) is 16.4. The largest absolute Gasteiger partial charge is 0.356 e. The summed E-state index contributed by atoms with van der Waals surface area (Å²) < 4.78 is 2.25. The lowest BCUT2D eigenvalue weighted by Crippen LogP contribution is -2.47. The van der Waals surface area contributed by atoms with E-state index in [0.29, 0.717) is 5.92 Å². The monoisotopic (exact) mass is 340 g/mol. The van der Waals surface area contributed by atoms with Gasteiger partial charge >= 0.3 is 0 Å². The van der Waals surface area contributed by atoms with Crippen LogP contribution in [-0.2, 0) is 13.0 Å². The molecule has 0 saturated heterocycles. The lowest BCUT2D eigenvalue weighted by molar-refractivity contribution is 0.476. The Morgan fingerprint density at radius 2 is 2.00 bits per heavy atom. The van der Waals surface area contributed by atoms with Gasteiger partial charge < -0.3 is 15.2 Å². The van der Waals surface area contributed by atoms with E-state index >= 15 is 0 Å². The molecule has 7 heteroatoms. The van der Waals surface area contributed by atoms with Gasteiger partial charge in [0.25, 0.3) is 0 Å². The lowest BCUT2D eigenvalue weighted by Gasteiger charge is -2.23. The second-order valence-electron chi connectivity index (χ2n) is 7.08. The number of guanidine groups is 1. The fourth-order valence-corrected chi connectivity index (χ4v) is 2.71. The van der Waals surface area contributed by atoms with Crippen molar-refractivity contribution < 1.29 is 0 Å². The highest BCUT2D eigenvalue weighted by Gasteiger charge is 2.13. The topological polar surface area (TPSA) is 67.1 Å². The molecule has 0 aliphatic carbocycles. The Balaban J connectivity index is 2.51. The van der Waals surface area contributed by atoms with Gasteiger partial charge in [-0.25, -0.2) is 0 Å². The fourth-order valence-electron chi connectivity index (χ4n) is 2.19. The number of nitrogens with zero attached hydrogens (tertiary/aromatic N) is 4. The van der Waals surface area contributed by atoms with Crippen LogP contribution in [-0.4, -0.2) is 46.1 Å². The van der Waals surface area contributed by atoms with Crippen molar-refractivity contribution in [1.29, 1.82) is 0 Å². The summed E-state index contributed by atoms with van der Waals surface area (Å²) in [6.45, 7) is 12.6. The van der Waals surface area contributed by atoms with Crippen LogP contribution in [0.1, 0.15) is 46.9 Å². The summed E-state index contributed by atoms with van der Waals surface area (Å²) >= 11 is 1.66. The highest BCUT2D eigenvalue weighted by atomic mass is 32.2. The normalized spacial score (nSPS) is 12.8. The standard InChI is InChI=1S/C16H32N6S/c1-12(2)11-22-13(20-21-15(22)23-7)9-8-10-18-14(17-6)19-16(3,4)5/h12H,8-11H2,1-7H3,(H2,17,18,19). The van der Waals surface area contributed by atoms with Gasteiger partial charge in [0, 0.05) is 32.1 Å². The number of nitrogens with one attached hydrogen (secondary N) is 2. The van der Waals surface area contributed by atoms with Gasteiger partial charge in [-0.15, -0.1) is 10.2 Å². The van der Waals surface area contributed by atoms with Crippen LogP contribution < -0.4 is 10.6 Å². The summed E-state index contributed by atoms with van der Waals surface area (Å²) in [6.07, 6.45) is 3.96. The van der Waals surface area contributed by atoms with Crippen LogP contribution in [0.25, 0.3) is 0 Å². The minimum atomic E-state index is 0.00648. The lowest BCUT2D eigenvalue weighted by atomic mass is 10.1. The molecule has 0 aromatic carbocycles. The molecule has 0 amide bonds. The Bertz CT molecular complexity index is 501. The van der Waals surface area contributed by atoms with Crippen molar-refractivity contribution in [2.45, 2.75) is 64.7 Å². The SMILES string of the molecule is CN=C(NCCCc1nnc(SC)n1CC(C)C)NC(C)(C)C. The van der Waals surface area contributed by atoms with E-state index in [1.807, 2.05) is 6.26 Å². The molecule has 0 aliphatic heterocycles. The number of aromatic nitrogens is 3. The third kappa shape index (κ3) is 7.24. The molecular weight excluding hydrogens is 308 g/mol. The molecule has 0 fully saturated rings. The molecule has 2 N–H and O–H groups in total. The predicted molar refractivity (Wildman–Crippen MR) is 99.2 cm³/mol. The van der Waals surface area contributed by atoms with E-state index < -0.39 is 0 Å². The molecule has 0 atom stereocenters. The predicted octanol–water partition coefficient (Wildman–Crippen LogP) is 2.55. The van der Waals surface area contributed by atoms with Crippen molar-refractivity contribution in [2.75, 3.05) is 19.8 Å². The summed E-state index contributed by atoms with van der Waals surface area (Å²) in [4.78, 5) is 4.25. The highest BCUT2D eigenvalue weighted by molar-refractivity contribution is 7.98. The van der Waals surface area contributed by atoms with Crippen LogP contribution >= 0.6 is 11.8 Å². The number of rotatable bonds is 7. The first-order valence-corrected chi connectivity index (χ1v) is 9.44. The average molecular weight is 341 g/mol. The Morgan fingerprint density at radius 1 is 1.30 bits per heavy atom. The number of aryl methyl sites for hydroxylation is 1. The van der Waals surface area contributed by atoms with Crippen molar-refractivity contribution in [3.63, 3.8) is 0 Å². The first-order valence-electron chi connectivity index (χ1n) is 8.21. The molecule has 132 valence electrons. The minimum Gasteiger partial charge on any atom is -0.356 e. The molecule has 0 radical (unpaired) electrons. The van der Waals surface area contributed by atoms with Crippen LogP contribution in [0.3, 0.4) is 0 Å². The molecule has 6 nitrogen and oxygen atoms in total. The quantitative estimate of drug-likeness (QED) is 0.346. The van der Waals surface area contributed by atoms with Gasteiger partial charge in [0.05, 0.1) is 0 Å². The van der Waals surface area contributed by atoms with E-state index in [1.165, 1.54) is 0 Å². The first kappa shape index (κ1) is 19.8. The van der Waals surface area contributed by atoms with Crippen molar-refractivity contribution in [1.82, 2.24) is 25.4 Å². The fraction of sp³-hybridized carbons (Fsp3) is 0.812. The summed E-state index contributed by atoms with van der Waals surface area (Å²) in [5.41, 5.74) is 0.00648. The zero-order valence-electron chi connectivity index (χ0n) is 15.6. The van der Waals surface area contributed by atoms with Gasteiger partial charge in [-0.05, 0) is 39.4 Å². The van der Waals surface area contributed by atoms with E-state index in [2.05, 4.69) is 65.0 Å². The summed E-state index contributed by atoms with van der Waals surface area (Å²) in [5.74, 6) is 2.50. The molecule has 1 aromatic rings. The molecular formula is C16H32N6S. The summed E-state index contributed by atoms with van der Waals surface area (Å²) in [5, 5.41) is 16.4. The number of hydrogen-bond acceptors (Lipinski definition) is 4. The summed E-state index contributed by atoms with van der Waals surface area (Å²) in [6, 6.07) is 0. The number of thioether (sulfide) groups is 1. The Kier molecular flexibility index (Phi) is 7.88. The number of hydrogen-bond donors (Lipinski definition) is 2. The van der Waals surface area contributed by atoms with Gasteiger partial charge in [0.2, 0.25) is 0 Å². The van der Waals surface area contributed by atoms with Crippen LogP contribution in [0.5, 0.6) is 0 Å². The molecule has 0 aliphatic rings. The van der Waals surface area contributed by atoms with Crippen LogP contribution in [0.15, 0.2) is 10.1 Å². The third-order valence-corrected chi connectivity index (χ3v) is 3.78. The van der Waals surface area contributed by atoms with Crippen molar-refractivity contribution in [2.24, 2.45) is 10.9 Å². The molecule has 0 spiro atoms. The maximum absolute atomic E-state index is 4.35. The van der Waals surface area contributed by atoms with Crippen molar-refractivity contribution >= 4 is 17.7 Å². The van der Waals surface area contributed by atoms with Gasteiger partial charge in [0.15, 0.2) is 11.1 Å². The zero-order chi connectivity index (χ0) is 17.5. The second kappa shape index (κ2) is 9.15. The van der Waals surface area contributed by atoms with Crippen molar-refractivity contribution in [3.8, 4) is 0 Å². The average Bonchev–Trinajstić information content (AvgIpc) is 2.82. The first-order chi connectivity index (χ1) is 10.8. The van der Waals surface area contributed by atoms with Gasteiger partial charge in [-0.1, -0.05) is 25.6 Å². The van der Waals surface area contributed by atoms with Crippen LogP contribution in [0.4, 0.5) is 0 Å². The summed E-state index contributed by atoms with van der Waals surface area (Å²) in [7, 11) is 1.80. The molecule has 1 rings (SSSR count). The molecule has 1 heterocycles. The maximum Gasteiger partial charge on any atom is 0.191 e. The molecule has 23 heavy (non-hydrogen) atoms. The second-order valence-corrected chi connectivity index (χ2v) is 7.86. The van der Waals surface area contributed by atoms with Gasteiger partial charge in [-0.3, -0.25) is 4.99 Å².